The van der Waals surface area contributed by atoms with Crippen molar-refractivity contribution in [3.63, 3.8) is 0 Å². The standard InChI is InChI=1S/C11H12O2/c1-3-11(2)9-7-5-4-6-8(9)10(12)13-11/h4-7H,3H2,1-2H3/t11-/m0/s1. The number of carbonyl (C=O) groups is 1. The Bertz CT molecular complexity index is 357. The van der Waals surface area contributed by atoms with Crippen LogP contribution in [-0.4, -0.2) is 5.97 Å². The van der Waals surface area contributed by atoms with E-state index >= 15 is 0 Å². The van der Waals surface area contributed by atoms with E-state index in [4.69, 9.17) is 4.74 Å². The molecular weight excluding hydrogens is 164 g/mol. The fourth-order valence-electron chi connectivity index (χ4n) is 1.70. The van der Waals surface area contributed by atoms with Gasteiger partial charge in [-0.15, -0.1) is 0 Å². The average molecular weight is 176 g/mol. The Morgan fingerprint density at radius 2 is 2.08 bits per heavy atom. The lowest BCUT2D eigenvalue weighted by Crippen LogP contribution is -2.20. The molecule has 1 aromatic carbocycles. The first-order valence-electron chi connectivity index (χ1n) is 4.50. The average Bonchev–Trinajstić information content (AvgIpc) is 2.42. The largest absolute Gasteiger partial charge is 0.451 e. The number of rotatable bonds is 1. The van der Waals surface area contributed by atoms with Gasteiger partial charge >= 0.3 is 5.97 Å². The second-order valence-corrected chi connectivity index (χ2v) is 3.52. The van der Waals surface area contributed by atoms with Crippen molar-refractivity contribution in [1.29, 1.82) is 0 Å². The molecule has 0 radical (unpaired) electrons. The number of ether oxygens (including phenoxy) is 1. The molecule has 0 aromatic heterocycles. The molecule has 1 atom stereocenters. The monoisotopic (exact) mass is 176 g/mol. The van der Waals surface area contributed by atoms with Crippen LogP contribution in [0.1, 0.15) is 36.2 Å². The number of hydrogen-bond acceptors (Lipinski definition) is 2. The molecule has 1 aliphatic heterocycles. The first-order chi connectivity index (χ1) is 6.17. The van der Waals surface area contributed by atoms with Crippen molar-refractivity contribution < 1.29 is 9.53 Å². The third-order valence-electron chi connectivity index (χ3n) is 2.71. The Balaban J connectivity index is 2.59. The normalized spacial score (nSPS) is 25.5. The third kappa shape index (κ3) is 1.05. The van der Waals surface area contributed by atoms with E-state index in [1.54, 1.807) is 0 Å². The minimum Gasteiger partial charge on any atom is -0.451 e. The van der Waals surface area contributed by atoms with Crippen LogP contribution in [0.2, 0.25) is 0 Å². The lowest BCUT2D eigenvalue weighted by atomic mass is 9.92. The fraction of sp³-hybridized carbons (Fsp3) is 0.364. The highest BCUT2D eigenvalue weighted by Crippen LogP contribution is 2.38. The van der Waals surface area contributed by atoms with Crippen molar-refractivity contribution in [3.05, 3.63) is 35.4 Å². The summed E-state index contributed by atoms with van der Waals surface area (Å²) in [5.74, 6) is -0.194. The number of carbonyl (C=O) groups excluding carboxylic acids is 1. The maximum absolute atomic E-state index is 11.4. The summed E-state index contributed by atoms with van der Waals surface area (Å²) in [6.45, 7) is 3.98. The quantitative estimate of drug-likeness (QED) is 0.614. The van der Waals surface area contributed by atoms with Gasteiger partial charge in [0.2, 0.25) is 0 Å². The van der Waals surface area contributed by atoms with E-state index in [1.165, 1.54) is 0 Å². The SMILES string of the molecule is CC[C@]1(C)OC(=O)c2ccccc21. The predicted octanol–water partition coefficient (Wildman–Crippen LogP) is 2.48. The zero-order valence-corrected chi connectivity index (χ0v) is 7.83. The highest BCUT2D eigenvalue weighted by Gasteiger charge is 2.39. The summed E-state index contributed by atoms with van der Waals surface area (Å²) < 4.78 is 5.33. The van der Waals surface area contributed by atoms with Gasteiger partial charge in [-0.1, -0.05) is 25.1 Å². The molecule has 0 bridgehead atoms. The topological polar surface area (TPSA) is 26.3 Å². The Morgan fingerprint density at radius 1 is 1.38 bits per heavy atom. The van der Waals surface area contributed by atoms with Crippen LogP contribution in [0, 0.1) is 0 Å². The molecule has 68 valence electrons. The van der Waals surface area contributed by atoms with E-state index in [1.807, 2.05) is 38.1 Å². The Hall–Kier alpha value is -1.31. The molecule has 1 aliphatic rings. The molecule has 2 rings (SSSR count). The third-order valence-corrected chi connectivity index (χ3v) is 2.71. The highest BCUT2D eigenvalue weighted by molar-refractivity contribution is 5.94. The molecule has 0 fully saturated rings. The minimum atomic E-state index is -0.409. The summed E-state index contributed by atoms with van der Waals surface area (Å²) in [4.78, 5) is 11.4. The lowest BCUT2D eigenvalue weighted by molar-refractivity contribution is -0.000769. The summed E-state index contributed by atoms with van der Waals surface area (Å²) in [7, 11) is 0. The maximum atomic E-state index is 11.4. The van der Waals surface area contributed by atoms with Crippen molar-refractivity contribution in [3.8, 4) is 0 Å². The maximum Gasteiger partial charge on any atom is 0.339 e. The van der Waals surface area contributed by atoms with E-state index in [2.05, 4.69) is 0 Å². The van der Waals surface area contributed by atoms with Crippen LogP contribution in [0.3, 0.4) is 0 Å². The molecule has 2 nitrogen and oxygen atoms in total. The smallest absolute Gasteiger partial charge is 0.339 e. The van der Waals surface area contributed by atoms with Crippen molar-refractivity contribution in [1.82, 2.24) is 0 Å². The zero-order valence-electron chi connectivity index (χ0n) is 7.83. The van der Waals surface area contributed by atoms with E-state index in [0.717, 1.165) is 12.0 Å². The number of hydrogen-bond donors (Lipinski definition) is 0. The van der Waals surface area contributed by atoms with Crippen molar-refractivity contribution in [2.45, 2.75) is 25.9 Å². The van der Waals surface area contributed by atoms with Crippen LogP contribution < -0.4 is 0 Å². The van der Waals surface area contributed by atoms with Gasteiger partial charge in [0.25, 0.3) is 0 Å². The molecule has 0 saturated carbocycles. The van der Waals surface area contributed by atoms with Gasteiger partial charge in [-0.05, 0) is 19.4 Å². The van der Waals surface area contributed by atoms with Gasteiger partial charge in [0, 0.05) is 5.56 Å². The number of fused-ring (bicyclic) bond motifs is 1. The van der Waals surface area contributed by atoms with Crippen LogP contribution in [-0.2, 0) is 10.3 Å². The Morgan fingerprint density at radius 3 is 2.77 bits per heavy atom. The molecule has 2 heteroatoms. The Labute approximate surface area is 77.5 Å². The number of cyclic esters (lactones) is 1. The molecular formula is C11H12O2. The molecule has 1 heterocycles. The fourth-order valence-corrected chi connectivity index (χ4v) is 1.70. The zero-order chi connectivity index (χ0) is 9.47. The van der Waals surface area contributed by atoms with Crippen LogP contribution in [0.25, 0.3) is 0 Å². The molecule has 0 N–H and O–H groups in total. The number of benzene rings is 1. The molecule has 0 spiro atoms. The van der Waals surface area contributed by atoms with Gasteiger partial charge in [0.1, 0.15) is 5.60 Å². The molecule has 13 heavy (non-hydrogen) atoms. The van der Waals surface area contributed by atoms with Crippen molar-refractivity contribution in [2.75, 3.05) is 0 Å². The van der Waals surface area contributed by atoms with E-state index in [0.29, 0.717) is 5.56 Å². The first kappa shape index (κ1) is 8.30. The van der Waals surface area contributed by atoms with Crippen LogP contribution in [0.15, 0.2) is 24.3 Å². The van der Waals surface area contributed by atoms with Crippen LogP contribution in [0.4, 0.5) is 0 Å². The lowest BCUT2D eigenvalue weighted by Gasteiger charge is -2.21. The van der Waals surface area contributed by atoms with Gasteiger partial charge in [-0.25, -0.2) is 4.79 Å². The van der Waals surface area contributed by atoms with Gasteiger partial charge in [-0.2, -0.15) is 0 Å². The molecule has 1 aromatic rings. The van der Waals surface area contributed by atoms with Crippen LogP contribution in [0.5, 0.6) is 0 Å². The van der Waals surface area contributed by atoms with Crippen molar-refractivity contribution >= 4 is 5.97 Å². The second-order valence-electron chi connectivity index (χ2n) is 3.52. The number of esters is 1. The molecule has 0 aliphatic carbocycles. The molecule has 0 amide bonds. The van der Waals surface area contributed by atoms with Gasteiger partial charge < -0.3 is 4.74 Å². The van der Waals surface area contributed by atoms with E-state index in [9.17, 15) is 4.79 Å². The summed E-state index contributed by atoms with van der Waals surface area (Å²) in [5, 5.41) is 0. The highest BCUT2D eigenvalue weighted by atomic mass is 16.6. The molecule has 0 saturated heterocycles. The minimum absolute atomic E-state index is 0.194. The summed E-state index contributed by atoms with van der Waals surface area (Å²) >= 11 is 0. The van der Waals surface area contributed by atoms with Gasteiger partial charge in [-0.3, -0.25) is 0 Å². The molecule has 0 unspecified atom stereocenters. The first-order valence-corrected chi connectivity index (χ1v) is 4.50. The summed E-state index contributed by atoms with van der Waals surface area (Å²) in [6.07, 6.45) is 0.815. The Kier molecular flexibility index (Phi) is 1.65. The second kappa shape index (κ2) is 2.59. The summed E-state index contributed by atoms with van der Waals surface area (Å²) in [6, 6.07) is 7.58. The van der Waals surface area contributed by atoms with Gasteiger partial charge in [0.15, 0.2) is 0 Å². The summed E-state index contributed by atoms with van der Waals surface area (Å²) in [5.41, 5.74) is 1.32. The van der Waals surface area contributed by atoms with Crippen LogP contribution >= 0.6 is 0 Å². The van der Waals surface area contributed by atoms with Crippen molar-refractivity contribution in [2.24, 2.45) is 0 Å². The predicted molar refractivity (Wildman–Crippen MR) is 49.5 cm³/mol. The van der Waals surface area contributed by atoms with Gasteiger partial charge in [0.05, 0.1) is 5.56 Å². The van der Waals surface area contributed by atoms with E-state index in [-0.39, 0.29) is 5.97 Å². The van der Waals surface area contributed by atoms with E-state index < -0.39 is 5.60 Å².